The highest BCUT2D eigenvalue weighted by atomic mass is 15.2. The van der Waals surface area contributed by atoms with Gasteiger partial charge in [-0.2, -0.15) is 0 Å². The number of rotatable bonds is 1. The maximum Gasteiger partial charge on any atom is 0.0404 e. The highest BCUT2D eigenvalue weighted by Crippen LogP contribution is 2.31. The van der Waals surface area contributed by atoms with Gasteiger partial charge in [0, 0.05) is 24.8 Å². The number of nitrogens with zero attached hydrogens (tertiary/aromatic N) is 1. The van der Waals surface area contributed by atoms with Crippen LogP contribution in [-0.2, 0) is 13.0 Å². The van der Waals surface area contributed by atoms with Crippen LogP contribution in [0.1, 0.15) is 30.9 Å². The fourth-order valence-corrected chi connectivity index (χ4v) is 3.07. The molecule has 0 aliphatic carbocycles. The van der Waals surface area contributed by atoms with Gasteiger partial charge in [0.15, 0.2) is 0 Å². The van der Waals surface area contributed by atoms with E-state index in [0.717, 1.165) is 19.1 Å². The molecule has 0 bridgehead atoms. The van der Waals surface area contributed by atoms with Crippen LogP contribution < -0.4 is 10.2 Å². The second kappa shape index (κ2) is 4.10. The molecule has 1 N–H and O–H groups in total. The molecule has 0 aromatic heterocycles. The Morgan fingerprint density at radius 3 is 3.12 bits per heavy atom. The molecule has 1 aromatic carbocycles. The van der Waals surface area contributed by atoms with Gasteiger partial charge >= 0.3 is 0 Å². The van der Waals surface area contributed by atoms with Crippen molar-refractivity contribution in [3.8, 4) is 0 Å². The normalized spacial score (nSPS) is 24.6. The predicted octanol–water partition coefficient (Wildman–Crippen LogP) is 2.32. The Kier molecular flexibility index (Phi) is 2.60. The van der Waals surface area contributed by atoms with Gasteiger partial charge < -0.3 is 10.2 Å². The molecule has 2 aliphatic rings. The molecule has 1 atom stereocenters. The van der Waals surface area contributed by atoms with Gasteiger partial charge in [0.1, 0.15) is 0 Å². The van der Waals surface area contributed by atoms with Crippen molar-refractivity contribution < 1.29 is 0 Å². The molecular weight excluding hydrogens is 196 g/mol. The first-order valence-electron chi connectivity index (χ1n) is 6.44. The van der Waals surface area contributed by atoms with Crippen molar-refractivity contribution in [1.29, 1.82) is 0 Å². The van der Waals surface area contributed by atoms with Crippen molar-refractivity contribution in [2.24, 2.45) is 0 Å². The molecule has 1 unspecified atom stereocenters. The molecule has 3 rings (SSSR count). The largest absolute Gasteiger partial charge is 0.369 e. The molecule has 1 fully saturated rings. The third-order valence-corrected chi connectivity index (χ3v) is 3.98. The van der Waals surface area contributed by atoms with Gasteiger partial charge in [-0.15, -0.1) is 0 Å². The third kappa shape index (κ3) is 1.61. The van der Waals surface area contributed by atoms with Crippen molar-refractivity contribution in [3.05, 3.63) is 29.3 Å². The van der Waals surface area contributed by atoms with Gasteiger partial charge in [0.2, 0.25) is 0 Å². The van der Waals surface area contributed by atoms with Gasteiger partial charge in [0.05, 0.1) is 0 Å². The first-order valence-corrected chi connectivity index (χ1v) is 6.44. The second-order valence-corrected chi connectivity index (χ2v) is 5.03. The maximum atomic E-state index is 3.45. The van der Waals surface area contributed by atoms with E-state index in [4.69, 9.17) is 0 Å². The lowest BCUT2D eigenvalue weighted by molar-refractivity contribution is 0.638. The average Bonchev–Trinajstić information content (AvgIpc) is 2.75. The first-order chi connectivity index (χ1) is 7.86. The van der Waals surface area contributed by atoms with Gasteiger partial charge in [-0.25, -0.2) is 0 Å². The smallest absolute Gasteiger partial charge is 0.0404 e. The van der Waals surface area contributed by atoms with E-state index in [2.05, 4.69) is 35.3 Å². The minimum absolute atomic E-state index is 0.724. The Balaban J connectivity index is 2.00. The van der Waals surface area contributed by atoms with E-state index in [1.54, 1.807) is 5.56 Å². The van der Waals surface area contributed by atoms with Crippen LogP contribution in [0.25, 0.3) is 0 Å². The summed E-state index contributed by atoms with van der Waals surface area (Å²) in [5, 5.41) is 3.45. The Labute approximate surface area is 97.6 Å². The summed E-state index contributed by atoms with van der Waals surface area (Å²) < 4.78 is 0. The molecule has 0 spiro atoms. The molecule has 2 nitrogen and oxygen atoms in total. The van der Waals surface area contributed by atoms with Crippen molar-refractivity contribution in [3.63, 3.8) is 0 Å². The van der Waals surface area contributed by atoms with Gasteiger partial charge in [-0.1, -0.05) is 12.1 Å². The zero-order chi connectivity index (χ0) is 11.0. The standard InChI is InChI=1S/C14H20N2/c1-11-4-3-9-16(11)14-6-2-5-12-10-15-8-7-13(12)14/h2,5-6,11,15H,3-4,7-10H2,1H3. The lowest BCUT2D eigenvalue weighted by Crippen LogP contribution is -2.30. The SMILES string of the molecule is CC1CCCN1c1cccc2c1CCNC2. The number of benzene rings is 1. The summed E-state index contributed by atoms with van der Waals surface area (Å²) in [7, 11) is 0. The fraction of sp³-hybridized carbons (Fsp3) is 0.571. The van der Waals surface area contributed by atoms with Gasteiger partial charge in [-0.3, -0.25) is 0 Å². The Hall–Kier alpha value is -1.02. The maximum absolute atomic E-state index is 3.45. The van der Waals surface area contributed by atoms with E-state index in [0.29, 0.717) is 0 Å². The molecule has 16 heavy (non-hydrogen) atoms. The molecular formula is C14H20N2. The topological polar surface area (TPSA) is 15.3 Å². The summed E-state index contributed by atoms with van der Waals surface area (Å²) in [4.78, 5) is 2.60. The van der Waals surface area contributed by atoms with Gasteiger partial charge in [0.25, 0.3) is 0 Å². The summed E-state index contributed by atoms with van der Waals surface area (Å²) in [6.07, 6.45) is 3.89. The Bertz CT molecular complexity index is 386. The Morgan fingerprint density at radius 1 is 1.38 bits per heavy atom. The summed E-state index contributed by atoms with van der Waals surface area (Å²) in [5.74, 6) is 0. The molecule has 0 saturated carbocycles. The van der Waals surface area contributed by atoms with Crippen LogP contribution in [0.3, 0.4) is 0 Å². The molecule has 86 valence electrons. The fourth-order valence-electron chi connectivity index (χ4n) is 3.07. The van der Waals surface area contributed by atoms with Crippen molar-refractivity contribution in [1.82, 2.24) is 5.32 Å². The van der Waals surface area contributed by atoms with Crippen molar-refractivity contribution in [2.75, 3.05) is 18.0 Å². The van der Waals surface area contributed by atoms with Crippen molar-refractivity contribution in [2.45, 2.75) is 38.8 Å². The minimum atomic E-state index is 0.724. The van der Waals surface area contributed by atoms with E-state index >= 15 is 0 Å². The zero-order valence-electron chi connectivity index (χ0n) is 10.00. The lowest BCUT2D eigenvalue weighted by Gasteiger charge is -2.29. The van der Waals surface area contributed by atoms with E-state index < -0.39 is 0 Å². The molecule has 2 aliphatic heterocycles. The number of hydrogen-bond donors (Lipinski definition) is 1. The number of nitrogens with one attached hydrogen (secondary N) is 1. The first kappa shape index (κ1) is 10.2. The van der Waals surface area contributed by atoms with Crippen LogP contribution in [0.4, 0.5) is 5.69 Å². The van der Waals surface area contributed by atoms with E-state index in [1.807, 2.05) is 0 Å². The number of anilines is 1. The van der Waals surface area contributed by atoms with Crippen LogP contribution in [0.5, 0.6) is 0 Å². The molecule has 1 aromatic rings. The zero-order valence-corrected chi connectivity index (χ0v) is 10.00. The second-order valence-electron chi connectivity index (χ2n) is 5.03. The van der Waals surface area contributed by atoms with Crippen LogP contribution in [0.15, 0.2) is 18.2 Å². The summed E-state index contributed by atoms with van der Waals surface area (Å²) >= 11 is 0. The minimum Gasteiger partial charge on any atom is -0.369 e. The number of fused-ring (bicyclic) bond motifs is 1. The number of hydrogen-bond acceptors (Lipinski definition) is 2. The molecule has 0 amide bonds. The highest BCUT2D eigenvalue weighted by Gasteiger charge is 2.24. The average molecular weight is 216 g/mol. The quantitative estimate of drug-likeness (QED) is 0.775. The predicted molar refractivity (Wildman–Crippen MR) is 67.9 cm³/mol. The molecule has 0 radical (unpaired) electrons. The van der Waals surface area contributed by atoms with E-state index in [9.17, 15) is 0 Å². The summed E-state index contributed by atoms with van der Waals surface area (Å²) in [6, 6.07) is 7.52. The van der Waals surface area contributed by atoms with Crippen LogP contribution >= 0.6 is 0 Å². The third-order valence-electron chi connectivity index (χ3n) is 3.98. The highest BCUT2D eigenvalue weighted by molar-refractivity contribution is 5.58. The lowest BCUT2D eigenvalue weighted by atomic mass is 9.98. The summed E-state index contributed by atoms with van der Waals surface area (Å²) in [6.45, 7) is 5.77. The van der Waals surface area contributed by atoms with Crippen LogP contribution in [0.2, 0.25) is 0 Å². The van der Waals surface area contributed by atoms with Crippen LogP contribution in [-0.4, -0.2) is 19.1 Å². The van der Waals surface area contributed by atoms with E-state index in [1.165, 1.54) is 37.1 Å². The summed E-state index contributed by atoms with van der Waals surface area (Å²) in [5.41, 5.74) is 4.60. The van der Waals surface area contributed by atoms with Gasteiger partial charge in [-0.05, 0) is 49.9 Å². The molecule has 2 heteroatoms. The van der Waals surface area contributed by atoms with E-state index in [-0.39, 0.29) is 0 Å². The molecule has 1 saturated heterocycles. The molecule has 2 heterocycles. The van der Waals surface area contributed by atoms with Crippen molar-refractivity contribution >= 4 is 5.69 Å². The van der Waals surface area contributed by atoms with Crippen LogP contribution in [0, 0.1) is 0 Å². The monoisotopic (exact) mass is 216 g/mol. The Morgan fingerprint density at radius 2 is 2.31 bits per heavy atom.